The van der Waals surface area contributed by atoms with Crippen LogP contribution in [0.2, 0.25) is 0 Å². The summed E-state index contributed by atoms with van der Waals surface area (Å²) in [5.41, 5.74) is 2.61. The third-order valence-electron chi connectivity index (χ3n) is 6.15. The molecule has 3 heteroatoms. The smallest absolute Gasteiger partial charge is 0.119 e. The highest BCUT2D eigenvalue weighted by molar-refractivity contribution is 5.27. The quantitative estimate of drug-likeness (QED) is 0.572. The third-order valence-corrected chi connectivity index (χ3v) is 6.15. The molecular weight excluding hydrogens is 344 g/mol. The Morgan fingerprint density at radius 1 is 1.11 bits per heavy atom. The van der Waals surface area contributed by atoms with Gasteiger partial charge in [-0.15, -0.1) is 0 Å². The zero-order valence-electron chi connectivity index (χ0n) is 18.0. The van der Waals surface area contributed by atoms with E-state index in [2.05, 4.69) is 74.0 Å². The van der Waals surface area contributed by atoms with Crippen molar-refractivity contribution in [2.45, 2.75) is 72.1 Å². The summed E-state index contributed by atoms with van der Waals surface area (Å²) in [5, 5.41) is 0. The predicted octanol–water partition coefficient (Wildman–Crippen LogP) is 5.87. The molecule has 1 heterocycles. The number of benzene rings is 1. The van der Waals surface area contributed by atoms with Gasteiger partial charge in [-0.3, -0.25) is 9.88 Å². The van der Waals surface area contributed by atoms with Crippen LogP contribution in [0.1, 0.15) is 57.6 Å². The molecule has 1 saturated carbocycles. The highest BCUT2D eigenvalue weighted by Gasteiger charge is 2.29. The lowest BCUT2D eigenvalue weighted by atomic mass is 9.79. The molecule has 1 aliphatic rings. The second-order valence-electron chi connectivity index (χ2n) is 8.84. The van der Waals surface area contributed by atoms with Gasteiger partial charge in [-0.25, -0.2) is 0 Å². The van der Waals surface area contributed by atoms with Crippen molar-refractivity contribution >= 4 is 0 Å². The molecule has 0 radical (unpaired) electrons. The summed E-state index contributed by atoms with van der Waals surface area (Å²) in [4.78, 5) is 6.75. The maximum atomic E-state index is 6.34. The fourth-order valence-electron chi connectivity index (χ4n) is 4.39. The largest absolute Gasteiger partial charge is 0.490 e. The topological polar surface area (TPSA) is 25.4 Å². The molecule has 1 aromatic heterocycles. The SMILES string of the molecule is Cc1cccc(O[C@@H]2CCC[C@H]([C@H](C)CN(Cc3ccncc3)C(C)C)C2)c1. The van der Waals surface area contributed by atoms with Crippen molar-refractivity contribution < 1.29 is 4.74 Å². The lowest BCUT2D eigenvalue weighted by molar-refractivity contribution is 0.0808. The van der Waals surface area contributed by atoms with Crippen LogP contribution >= 0.6 is 0 Å². The number of aromatic nitrogens is 1. The summed E-state index contributed by atoms with van der Waals surface area (Å²) >= 11 is 0. The Morgan fingerprint density at radius 3 is 2.61 bits per heavy atom. The molecule has 1 aromatic carbocycles. The molecular formula is C25H36N2O. The van der Waals surface area contributed by atoms with Gasteiger partial charge in [0.25, 0.3) is 0 Å². The van der Waals surface area contributed by atoms with E-state index in [-0.39, 0.29) is 0 Å². The van der Waals surface area contributed by atoms with Gasteiger partial charge in [0, 0.05) is 31.5 Å². The van der Waals surface area contributed by atoms with Crippen molar-refractivity contribution in [2.75, 3.05) is 6.54 Å². The Morgan fingerprint density at radius 2 is 1.89 bits per heavy atom. The number of ether oxygens (including phenoxy) is 1. The van der Waals surface area contributed by atoms with Gasteiger partial charge in [-0.1, -0.05) is 19.1 Å². The molecule has 0 amide bonds. The zero-order chi connectivity index (χ0) is 19.9. The first-order valence-corrected chi connectivity index (χ1v) is 10.9. The van der Waals surface area contributed by atoms with Crippen molar-refractivity contribution in [1.29, 1.82) is 0 Å². The van der Waals surface area contributed by atoms with E-state index >= 15 is 0 Å². The Balaban J connectivity index is 1.56. The van der Waals surface area contributed by atoms with Gasteiger partial charge >= 0.3 is 0 Å². The van der Waals surface area contributed by atoms with Crippen LogP contribution in [0.3, 0.4) is 0 Å². The first-order chi connectivity index (χ1) is 13.5. The summed E-state index contributed by atoms with van der Waals surface area (Å²) in [7, 11) is 0. The van der Waals surface area contributed by atoms with Crippen LogP contribution in [0.4, 0.5) is 0 Å². The van der Waals surface area contributed by atoms with Gasteiger partial charge in [0.15, 0.2) is 0 Å². The molecule has 152 valence electrons. The van der Waals surface area contributed by atoms with Crippen molar-refractivity contribution in [1.82, 2.24) is 9.88 Å². The Kier molecular flexibility index (Phi) is 7.50. The summed E-state index contributed by atoms with van der Waals surface area (Å²) in [6, 6.07) is 13.3. The van der Waals surface area contributed by atoms with E-state index in [0.717, 1.165) is 24.8 Å². The fourth-order valence-corrected chi connectivity index (χ4v) is 4.39. The molecule has 28 heavy (non-hydrogen) atoms. The summed E-state index contributed by atoms with van der Waals surface area (Å²) in [6.07, 6.45) is 9.11. The van der Waals surface area contributed by atoms with Gasteiger partial charge in [0.05, 0.1) is 6.10 Å². The number of aryl methyl sites for hydroxylation is 1. The lowest BCUT2D eigenvalue weighted by Gasteiger charge is -2.37. The summed E-state index contributed by atoms with van der Waals surface area (Å²) in [5.74, 6) is 2.44. The van der Waals surface area contributed by atoms with E-state index in [1.54, 1.807) is 0 Å². The number of hydrogen-bond donors (Lipinski definition) is 0. The van der Waals surface area contributed by atoms with E-state index in [0.29, 0.717) is 18.1 Å². The minimum Gasteiger partial charge on any atom is -0.490 e. The number of nitrogens with zero attached hydrogens (tertiary/aromatic N) is 2. The fraction of sp³-hybridized carbons (Fsp3) is 0.560. The monoisotopic (exact) mass is 380 g/mol. The molecule has 0 aliphatic heterocycles. The van der Waals surface area contributed by atoms with Crippen LogP contribution in [-0.4, -0.2) is 28.6 Å². The molecule has 0 bridgehead atoms. The molecule has 0 unspecified atom stereocenters. The second-order valence-corrected chi connectivity index (χ2v) is 8.84. The Labute approximate surface area is 171 Å². The molecule has 3 rings (SSSR count). The predicted molar refractivity (Wildman–Crippen MR) is 117 cm³/mol. The first-order valence-electron chi connectivity index (χ1n) is 10.9. The Bertz CT molecular complexity index is 715. The van der Waals surface area contributed by atoms with E-state index in [4.69, 9.17) is 4.74 Å². The molecule has 0 saturated heterocycles. The van der Waals surface area contributed by atoms with E-state index in [1.807, 2.05) is 12.4 Å². The van der Waals surface area contributed by atoms with Gasteiger partial charge < -0.3 is 4.74 Å². The Hall–Kier alpha value is -1.87. The minimum atomic E-state index is 0.357. The lowest BCUT2D eigenvalue weighted by Crippen LogP contribution is -2.38. The van der Waals surface area contributed by atoms with Crippen LogP contribution in [-0.2, 0) is 6.54 Å². The maximum Gasteiger partial charge on any atom is 0.119 e. The van der Waals surface area contributed by atoms with Crippen molar-refractivity contribution in [3.8, 4) is 5.75 Å². The van der Waals surface area contributed by atoms with E-state index in [9.17, 15) is 0 Å². The van der Waals surface area contributed by atoms with Crippen molar-refractivity contribution in [2.24, 2.45) is 11.8 Å². The molecule has 2 aromatic rings. The molecule has 3 atom stereocenters. The second kappa shape index (κ2) is 10.1. The third kappa shape index (κ3) is 6.07. The van der Waals surface area contributed by atoms with Crippen molar-refractivity contribution in [3.05, 3.63) is 59.9 Å². The first kappa shape index (κ1) is 20.9. The van der Waals surface area contributed by atoms with Gasteiger partial charge in [-0.2, -0.15) is 0 Å². The highest BCUT2D eigenvalue weighted by atomic mass is 16.5. The highest BCUT2D eigenvalue weighted by Crippen LogP contribution is 2.33. The van der Waals surface area contributed by atoms with Crippen molar-refractivity contribution in [3.63, 3.8) is 0 Å². The average Bonchev–Trinajstić information content (AvgIpc) is 2.68. The zero-order valence-corrected chi connectivity index (χ0v) is 18.0. The molecule has 3 nitrogen and oxygen atoms in total. The average molecular weight is 381 g/mol. The standard InChI is InChI=1S/C25H36N2O/c1-19(2)27(18-22-11-13-26-14-12-22)17-21(4)23-8-6-10-25(16-23)28-24-9-5-7-20(3)15-24/h5,7,9,11-15,19,21,23,25H,6,8,10,16-18H2,1-4H3/t21-,23+,25-/m1/s1. The molecule has 1 fully saturated rings. The summed E-state index contributed by atoms with van der Waals surface area (Å²) in [6.45, 7) is 11.3. The van der Waals surface area contributed by atoms with E-state index in [1.165, 1.54) is 36.8 Å². The molecule has 0 spiro atoms. The summed E-state index contributed by atoms with van der Waals surface area (Å²) < 4.78 is 6.34. The van der Waals surface area contributed by atoms with Crippen LogP contribution in [0.5, 0.6) is 5.75 Å². The molecule has 1 aliphatic carbocycles. The number of hydrogen-bond acceptors (Lipinski definition) is 3. The van der Waals surface area contributed by atoms with Crippen LogP contribution in [0.25, 0.3) is 0 Å². The number of rotatable bonds is 8. The van der Waals surface area contributed by atoms with Crippen LogP contribution in [0, 0.1) is 18.8 Å². The van der Waals surface area contributed by atoms with Gasteiger partial charge in [0.2, 0.25) is 0 Å². The van der Waals surface area contributed by atoms with Gasteiger partial charge in [0.1, 0.15) is 5.75 Å². The normalized spacial score (nSPS) is 21.1. The molecule has 0 N–H and O–H groups in total. The maximum absolute atomic E-state index is 6.34. The number of pyridine rings is 1. The minimum absolute atomic E-state index is 0.357. The van der Waals surface area contributed by atoms with E-state index < -0.39 is 0 Å². The van der Waals surface area contributed by atoms with Gasteiger partial charge in [-0.05, 0) is 93.7 Å². The van der Waals surface area contributed by atoms with Crippen LogP contribution < -0.4 is 4.74 Å². The van der Waals surface area contributed by atoms with Crippen LogP contribution in [0.15, 0.2) is 48.8 Å².